The number of halogens is 3. The minimum atomic E-state index is -0.699. The molecule has 1 fully saturated rings. The van der Waals surface area contributed by atoms with Gasteiger partial charge in [-0.15, -0.1) is 10.2 Å². The molecule has 1 aliphatic rings. The van der Waals surface area contributed by atoms with Gasteiger partial charge in [-0.05, 0) is 37.1 Å². The Morgan fingerprint density at radius 1 is 1.23 bits per heavy atom. The van der Waals surface area contributed by atoms with Crippen LogP contribution in [0.3, 0.4) is 0 Å². The lowest BCUT2D eigenvalue weighted by Gasteiger charge is -2.11. The van der Waals surface area contributed by atoms with E-state index in [0.717, 1.165) is 31.0 Å². The van der Waals surface area contributed by atoms with Crippen LogP contribution in [0.1, 0.15) is 24.7 Å². The molecule has 0 atom stereocenters. The monoisotopic (exact) mass is 450 g/mol. The van der Waals surface area contributed by atoms with Gasteiger partial charge in [-0.25, -0.2) is 8.78 Å². The van der Waals surface area contributed by atoms with Crippen LogP contribution in [0, 0.1) is 11.6 Å². The lowest BCUT2D eigenvalue weighted by Crippen LogP contribution is -2.16. The molecule has 1 heterocycles. The number of anilines is 1. The molecule has 1 aliphatic carbocycles. The lowest BCUT2D eigenvalue weighted by molar-refractivity contribution is -0.113. The molecule has 6 nitrogen and oxygen atoms in total. The number of nitrogens with one attached hydrogen (secondary N) is 1. The number of carbonyl (C=O) groups is 1. The van der Waals surface area contributed by atoms with Crippen LogP contribution in [0.4, 0.5) is 14.5 Å². The number of amides is 1. The summed E-state index contributed by atoms with van der Waals surface area (Å²) in [5, 5.41) is 11.8. The standard InChI is InChI=1S/C20H17ClF2N4O2S/c21-14-3-1-2-4-17(14)29-10-18-25-26-20(27(18)13-6-7-13)30-11-19(28)24-16-9-12(22)5-8-15(16)23/h1-5,8-9,13H,6-7,10-11H2,(H,24,28). The summed E-state index contributed by atoms with van der Waals surface area (Å²) in [5.74, 6) is -0.632. The number of aromatic nitrogens is 3. The van der Waals surface area contributed by atoms with Crippen molar-refractivity contribution in [2.45, 2.75) is 30.6 Å². The zero-order valence-corrected chi connectivity index (χ0v) is 17.2. The number of benzene rings is 2. The van der Waals surface area contributed by atoms with Gasteiger partial charge in [-0.2, -0.15) is 0 Å². The average Bonchev–Trinajstić information content (AvgIpc) is 3.48. The molecular weight excluding hydrogens is 434 g/mol. The maximum atomic E-state index is 13.7. The number of hydrogen-bond acceptors (Lipinski definition) is 5. The van der Waals surface area contributed by atoms with Gasteiger partial charge in [0.15, 0.2) is 11.0 Å². The Bertz CT molecular complexity index is 1070. The molecule has 0 aliphatic heterocycles. The molecule has 1 saturated carbocycles. The van der Waals surface area contributed by atoms with E-state index >= 15 is 0 Å². The first-order chi connectivity index (χ1) is 14.5. The van der Waals surface area contributed by atoms with Crippen molar-refractivity contribution >= 4 is 35.0 Å². The van der Waals surface area contributed by atoms with Crippen LogP contribution in [-0.2, 0) is 11.4 Å². The number of hydrogen-bond donors (Lipinski definition) is 1. The van der Waals surface area contributed by atoms with Gasteiger partial charge in [-0.3, -0.25) is 9.36 Å². The van der Waals surface area contributed by atoms with E-state index in [4.69, 9.17) is 16.3 Å². The Labute approximate surface area is 180 Å². The minimum Gasteiger partial charge on any atom is -0.484 e. The normalized spacial score (nSPS) is 13.3. The Kier molecular flexibility index (Phi) is 6.19. The molecule has 0 spiro atoms. The van der Waals surface area contributed by atoms with Crippen molar-refractivity contribution < 1.29 is 18.3 Å². The fourth-order valence-corrected chi connectivity index (χ4v) is 3.83. The molecular formula is C20H17ClF2N4O2S. The second kappa shape index (κ2) is 9.01. The third kappa shape index (κ3) is 4.91. The van der Waals surface area contributed by atoms with Crippen LogP contribution in [0.15, 0.2) is 47.6 Å². The number of rotatable bonds is 8. The van der Waals surface area contributed by atoms with Gasteiger partial charge in [0, 0.05) is 12.1 Å². The van der Waals surface area contributed by atoms with Crippen molar-refractivity contribution in [1.29, 1.82) is 0 Å². The van der Waals surface area contributed by atoms with E-state index in [9.17, 15) is 13.6 Å². The molecule has 0 bridgehead atoms. The summed E-state index contributed by atoms with van der Waals surface area (Å²) in [6.45, 7) is 0.189. The second-order valence-corrected chi connectivity index (χ2v) is 8.03. The summed E-state index contributed by atoms with van der Waals surface area (Å²) in [7, 11) is 0. The second-order valence-electron chi connectivity index (χ2n) is 6.68. The summed E-state index contributed by atoms with van der Waals surface area (Å²) in [5.41, 5.74) is -0.196. The summed E-state index contributed by atoms with van der Waals surface area (Å²) in [4.78, 5) is 12.2. The van der Waals surface area contributed by atoms with E-state index in [-0.39, 0.29) is 24.1 Å². The molecule has 10 heteroatoms. The van der Waals surface area contributed by atoms with Crippen LogP contribution in [0.5, 0.6) is 5.75 Å². The van der Waals surface area contributed by atoms with E-state index in [1.807, 2.05) is 16.7 Å². The molecule has 0 radical (unpaired) electrons. The minimum absolute atomic E-state index is 0.0216. The van der Waals surface area contributed by atoms with Gasteiger partial charge in [0.1, 0.15) is 24.0 Å². The maximum Gasteiger partial charge on any atom is 0.234 e. The number of carbonyl (C=O) groups excluding carboxylic acids is 1. The first kappa shape index (κ1) is 20.6. The number of thioether (sulfide) groups is 1. The van der Waals surface area contributed by atoms with E-state index in [1.54, 1.807) is 12.1 Å². The van der Waals surface area contributed by atoms with Crippen LogP contribution < -0.4 is 10.1 Å². The molecule has 156 valence electrons. The van der Waals surface area contributed by atoms with Crippen molar-refractivity contribution in [2.75, 3.05) is 11.1 Å². The van der Waals surface area contributed by atoms with Crippen LogP contribution >= 0.6 is 23.4 Å². The molecule has 1 aromatic heterocycles. The van der Waals surface area contributed by atoms with Crippen LogP contribution in [-0.4, -0.2) is 26.4 Å². The fraction of sp³-hybridized carbons (Fsp3) is 0.250. The highest BCUT2D eigenvalue weighted by Gasteiger charge is 2.30. The zero-order valence-electron chi connectivity index (χ0n) is 15.6. The van der Waals surface area contributed by atoms with Crippen molar-refractivity contribution in [1.82, 2.24) is 14.8 Å². The average molecular weight is 451 g/mol. The summed E-state index contributed by atoms with van der Waals surface area (Å²) in [6, 6.07) is 10.3. The Balaban J connectivity index is 1.40. The predicted molar refractivity (Wildman–Crippen MR) is 110 cm³/mol. The van der Waals surface area contributed by atoms with E-state index < -0.39 is 17.5 Å². The van der Waals surface area contributed by atoms with Crippen molar-refractivity contribution in [3.05, 3.63) is 64.9 Å². The highest BCUT2D eigenvalue weighted by atomic mass is 35.5. The Morgan fingerprint density at radius 3 is 2.80 bits per heavy atom. The largest absolute Gasteiger partial charge is 0.484 e. The summed E-state index contributed by atoms with van der Waals surface area (Å²) >= 11 is 7.29. The third-order valence-corrected chi connectivity index (χ3v) is 5.63. The van der Waals surface area contributed by atoms with E-state index in [0.29, 0.717) is 21.8 Å². The molecule has 1 amide bonds. The number of ether oxygens (including phenoxy) is 1. The van der Waals surface area contributed by atoms with E-state index in [1.165, 1.54) is 11.8 Å². The Hall–Kier alpha value is -2.65. The third-order valence-electron chi connectivity index (χ3n) is 4.38. The van der Waals surface area contributed by atoms with Gasteiger partial charge in [0.25, 0.3) is 0 Å². The zero-order chi connectivity index (χ0) is 21.1. The van der Waals surface area contributed by atoms with Crippen molar-refractivity contribution in [3.63, 3.8) is 0 Å². The topological polar surface area (TPSA) is 69.0 Å². The fourth-order valence-electron chi connectivity index (χ4n) is 2.82. The molecule has 2 aromatic carbocycles. The van der Waals surface area contributed by atoms with Gasteiger partial charge in [-0.1, -0.05) is 35.5 Å². The molecule has 1 N–H and O–H groups in total. The van der Waals surface area contributed by atoms with Crippen LogP contribution in [0.2, 0.25) is 5.02 Å². The molecule has 3 aromatic rings. The highest BCUT2D eigenvalue weighted by Crippen LogP contribution is 2.39. The van der Waals surface area contributed by atoms with Gasteiger partial charge in [0.05, 0.1) is 16.5 Å². The first-order valence-electron chi connectivity index (χ1n) is 9.20. The number of nitrogens with zero attached hydrogens (tertiary/aromatic N) is 3. The number of para-hydroxylation sites is 1. The van der Waals surface area contributed by atoms with E-state index in [2.05, 4.69) is 15.5 Å². The first-order valence-corrected chi connectivity index (χ1v) is 10.6. The van der Waals surface area contributed by atoms with Crippen LogP contribution in [0.25, 0.3) is 0 Å². The van der Waals surface area contributed by atoms with Crippen molar-refractivity contribution in [2.24, 2.45) is 0 Å². The summed E-state index contributed by atoms with van der Waals surface area (Å²) < 4.78 is 34.7. The van der Waals surface area contributed by atoms with Gasteiger partial charge < -0.3 is 10.1 Å². The smallest absolute Gasteiger partial charge is 0.234 e. The molecule has 0 saturated heterocycles. The summed E-state index contributed by atoms with van der Waals surface area (Å²) in [6.07, 6.45) is 1.98. The molecule has 4 rings (SSSR count). The van der Waals surface area contributed by atoms with Gasteiger partial charge in [0.2, 0.25) is 5.91 Å². The lowest BCUT2D eigenvalue weighted by atomic mass is 10.3. The molecule has 30 heavy (non-hydrogen) atoms. The highest BCUT2D eigenvalue weighted by molar-refractivity contribution is 7.99. The van der Waals surface area contributed by atoms with Crippen molar-refractivity contribution in [3.8, 4) is 5.75 Å². The Morgan fingerprint density at radius 2 is 2.03 bits per heavy atom. The quantitative estimate of drug-likeness (QED) is 0.496. The predicted octanol–water partition coefficient (Wildman–Crippen LogP) is 4.85. The van der Waals surface area contributed by atoms with Gasteiger partial charge >= 0.3 is 0 Å². The molecule has 0 unspecified atom stereocenters. The maximum absolute atomic E-state index is 13.7. The SMILES string of the molecule is O=C(CSc1nnc(COc2ccccc2Cl)n1C1CC1)Nc1cc(F)ccc1F.